The Kier molecular flexibility index (Phi) is 3.34. The SMILES string of the molecule is CC(C)(C)OC(=O)N1C[C@@H](CC2CC2)[C@H](O)C1. The van der Waals surface area contributed by atoms with Crippen molar-refractivity contribution in [3.8, 4) is 0 Å². The molecular weight excluding hydrogens is 218 g/mol. The number of ether oxygens (including phenoxy) is 1. The van der Waals surface area contributed by atoms with E-state index in [0.717, 1.165) is 12.3 Å². The third-order valence-corrected chi connectivity index (χ3v) is 3.39. The molecular formula is C13H23NO3. The molecule has 1 aliphatic heterocycles. The van der Waals surface area contributed by atoms with E-state index in [1.807, 2.05) is 20.8 Å². The lowest BCUT2D eigenvalue weighted by atomic mass is 9.99. The van der Waals surface area contributed by atoms with Crippen molar-refractivity contribution in [2.75, 3.05) is 13.1 Å². The van der Waals surface area contributed by atoms with Gasteiger partial charge in [-0.15, -0.1) is 0 Å². The second kappa shape index (κ2) is 4.48. The van der Waals surface area contributed by atoms with Crippen LogP contribution in [-0.2, 0) is 4.74 Å². The second-order valence-electron chi connectivity index (χ2n) is 6.39. The number of aliphatic hydroxyl groups excluding tert-OH is 1. The Morgan fingerprint density at radius 2 is 2.00 bits per heavy atom. The Morgan fingerprint density at radius 3 is 2.53 bits per heavy atom. The molecule has 98 valence electrons. The molecule has 1 saturated heterocycles. The minimum absolute atomic E-state index is 0.245. The zero-order valence-corrected chi connectivity index (χ0v) is 11.0. The van der Waals surface area contributed by atoms with Crippen LogP contribution in [-0.4, -0.2) is 40.9 Å². The lowest BCUT2D eigenvalue weighted by Crippen LogP contribution is -2.35. The highest BCUT2D eigenvalue weighted by Crippen LogP contribution is 2.38. The summed E-state index contributed by atoms with van der Waals surface area (Å²) >= 11 is 0. The molecule has 0 unspecified atom stereocenters. The van der Waals surface area contributed by atoms with Crippen LogP contribution >= 0.6 is 0 Å². The molecule has 4 nitrogen and oxygen atoms in total. The van der Waals surface area contributed by atoms with Gasteiger partial charge < -0.3 is 14.7 Å². The van der Waals surface area contributed by atoms with Gasteiger partial charge in [0.25, 0.3) is 0 Å². The summed E-state index contributed by atoms with van der Waals surface area (Å²) in [5.74, 6) is 1.03. The number of hydrogen-bond acceptors (Lipinski definition) is 3. The van der Waals surface area contributed by atoms with Crippen LogP contribution in [0.4, 0.5) is 4.79 Å². The van der Waals surface area contributed by atoms with E-state index >= 15 is 0 Å². The first-order chi connectivity index (χ1) is 7.85. The van der Waals surface area contributed by atoms with E-state index in [9.17, 15) is 9.90 Å². The second-order valence-corrected chi connectivity index (χ2v) is 6.39. The highest BCUT2D eigenvalue weighted by Gasteiger charge is 2.38. The highest BCUT2D eigenvalue weighted by molar-refractivity contribution is 5.68. The van der Waals surface area contributed by atoms with Crippen LogP contribution in [0.2, 0.25) is 0 Å². The Morgan fingerprint density at radius 1 is 1.35 bits per heavy atom. The fraction of sp³-hybridized carbons (Fsp3) is 0.923. The van der Waals surface area contributed by atoms with Gasteiger partial charge >= 0.3 is 6.09 Å². The van der Waals surface area contributed by atoms with Gasteiger partial charge in [0.15, 0.2) is 0 Å². The van der Waals surface area contributed by atoms with Gasteiger partial charge in [-0.05, 0) is 33.1 Å². The fourth-order valence-corrected chi connectivity index (χ4v) is 2.34. The molecule has 1 heterocycles. The minimum Gasteiger partial charge on any atom is -0.444 e. The van der Waals surface area contributed by atoms with E-state index in [1.165, 1.54) is 12.8 Å². The Hall–Kier alpha value is -0.770. The molecule has 0 radical (unpaired) electrons. The van der Waals surface area contributed by atoms with Crippen molar-refractivity contribution in [1.82, 2.24) is 4.90 Å². The number of aliphatic hydroxyl groups is 1. The third kappa shape index (κ3) is 3.60. The summed E-state index contributed by atoms with van der Waals surface area (Å²) in [4.78, 5) is 13.5. The molecule has 2 fully saturated rings. The van der Waals surface area contributed by atoms with Crippen molar-refractivity contribution in [2.24, 2.45) is 11.8 Å². The Bertz CT molecular complexity index is 294. The summed E-state index contributed by atoms with van der Waals surface area (Å²) in [6, 6.07) is 0. The van der Waals surface area contributed by atoms with Gasteiger partial charge in [-0.25, -0.2) is 4.79 Å². The molecule has 1 aliphatic carbocycles. The molecule has 0 bridgehead atoms. The maximum absolute atomic E-state index is 11.8. The molecule has 0 aromatic carbocycles. The fourth-order valence-electron chi connectivity index (χ4n) is 2.34. The predicted molar refractivity (Wildman–Crippen MR) is 64.6 cm³/mol. The summed E-state index contributed by atoms with van der Waals surface area (Å²) in [5.41, 5.74) is -0.462. The number of carbonyl (C=O) groups excluding carboxylic acids is 1. The van der Waals surface area contributed by atoms with Crippen molar-refractivity contribution >= 4 is 6.09 Å². The van der Waals surface area contributed by atoms with E-state index in [0.29, 0.717) is 13.1 Å². The molecule has 0 aromatic heterocycles. The van der Waals surface area contributed by atoms with E-state index in [-0.39, 0.29) is 18.1 Å². The average Bonchev–Trinajstić information content (AvgIpc) is 2.89. The van der Waals surface area contributed by atoms with Crippen LogP contribution in [0.1, 0.15) is 40.0 Å². The molecule has 2 atom stereocenters. The largest absolute Gasteiger partial charge is 0.444 e. The lowest BCUT2D eigenvalue weighted by molar-refractivity contribution is 0.0269. The topological polar surface area (TPSA) is 49.8 Å². The smallest absolute Gasteiger partial charge is 0.410 e. The summed E-state index contributed by atoms with van der Waals surface area (Å²) in [5, 5.41) is 9.93. The monoisotopic (exact) mass is 241 g/mol. The quantitative estimate of drug-likeness (QED) is 0.804. The van der Waals surface area contributed by atoms with Crippen LogP contribution in [0, 0.1) is 11.8 Å². The van der Waals surface area contributed by atoms with E-state index < -0.39 is 5.60 Å². The van der Waals surface area contributed by atoms with Crippen LogP contribution in [0.15, 0.2) is 0 Å². The van der Waals surface area contributed by atoms with Gasteiger partial charge in [-0.2, -0.15) is 0 Å². The van der Waals surface area contributed by atoms with E-state index in [1.54, 1.807) is 4.90 Å². The van der Waals surface area contributed by atoms with Crippen molar-refractivity contribution in [1.29, 1.82) is 0 Å². The molecule has 1 N–H and O–H groups in total. The highest BCUT2D eigenvalue weighted by atomic mass is 16.6. The van der Waals surface area contributed by atoms with Crippen LogP contribution < -0.4 is 0 Å². The predicted octanol–water partition coefficient (Wildman–Crippen LogP) is 2.01. The maximum Gasteiger partial charge on any atom is 0.410 e. The summed E-state index contributed by atoms with van der Waals surface area (Å²) in [6.07, 6.45) is 2.96. The van der Waals surface area contributed by atoms with Crippen LogP contribution in [0.3, 0.4) is 0 Å². The van der Waals surface area contributed by atoms with Crippen molar-refractivity contribution in [3.05, 3.63) is 0 Å². The summed E-state index contributed by atoms with van der Waals surface area (Å²) in [6.45, 7) is 6.65. The Labute approximate surface area is 103 Å². The van der Waals surface area contributed by atoms with E-state index in [4.69, 9.17) is 4.74 Å². The number of amides is 1. The van der Waals surface area contributed by atoms with Crippen molar-refractivity contribution < 1.29 is 14.6 Å². The van der Waals surface area contributed by atoms with Gasteiger partial charge in [0.05, 0.1) is 12.6 Å². The maximum atomic E-state index is 11.8. The molecule has 1 saturated carbocycles. The number of nitrogens with zero attached hydrogens (tertiary/aromatic N) is 1. The van der Waals surface area contributed by atoms with E-state index in [2.05, 4.69) is 0 Å². The number of carbonyl (C=O) groups is 1. The molecule has 17 heavy (non-hydrogen) atoms. The zero-order valence-electron chi connectivity index (χ0n) is 11.0. The lowest BCUT2D eigenvalue weighted by Gasteiger charge is -2.24. The average molecular weight is 241 g/mol. The molecule has 1 amide bonds. The Balaban J connectivity index is 1.84. The molecule has 2 aliphatic rings. The summed E-state index contributed by atoms with van der Waals surface area (Å²) < 4.78 is 5.31. The molecule has 0 spiro atoms. The number of likely N-dealkylation sites (tertiary alicyclic amines) is 1. The van der Waals surface area contributed by atoms with Gasteiger partial charge in [0.1, 0.15) is 5.60 Å². The minimum atomic E-state index is -0.462. The van der Waals surface area contributed by atoms with Gasteiger partial charge in [0, 0.05) is 12.5 Å². The first-order valence-electron chi connectivity index (χ1n) is 6.51. The standard InChI is InChI=1S/C13H23NO3/c1-13(2,3)17-12(16)14-7-10(11(15)8-14)6-9-4-5-9/h9-11,15H,4-8H2,1-3H3/t10-,11-/m1/s1. The normalized spacial score (nSPS) is 29.5. The number of hydrogen-bond donors (Lipinski definition) is 1. The molecule has 0 aromatic rings. The van der Waals surface area contributed by atoms with Crippen LogP contribution in [0.25, 0.3) is 0 Å². The third-order valence-electron chi connectivity index (χ3n) is 3.39. The summed E-state index contributed by atoms with van der Waals surface area (Å²) in [7, 11) is 0. The number of rotatable bonds is 2. The number of β-amino-alcohol motifs (C(OH)–C–C–N with tert-alkyl or cyclic N) is 1. The molecule has 4 heteroatoms. The van der Waals surface area contributed by atoms with Crippen molar-refractivity contribution in [3.63, 3.8) is 0 Å². The van der Waals surface area contributed by atoms with Gasteiger partial charge in [-0.1, -0.05) is 12.8 Å². The molecule has 2 rings (SSSR count). The van der Waals surface area contributed by atoms with Crippen LogP contribution in [0.5, 0.6) is 0 Å². The first-order valence-corrected chi connectivity index (χ1v) is 6.51. The first kappa shape index (κ1) is 12.7. The van der Waals surface area contributed by atoms with Crippen molar-refractivity contribution in [2.45, 2.75) is 51.7 Å². The zero-order chi connectivity index (χ0) is 12.6. The van der Waals surface area contributed by atoms with Gasteiger partial charge in [-0.3, -0.25) is 0 Å². The van der Waals surface area contributed by atoms with Gasteiger partial charge in [0.2, 0.25) is 0 Å².